The lowest BCUT2D eigenvalue weighted by Gasteiger charge is -2.19. The van der Waals surface area contributed by atoms with Crippen LogP contribution in [0, 0.1) is 5.92 Å². The third-order valence-electron chi connectivity index (χ3n) is 3.81. The molecule has 0 aromatic heterocycles. The highest BCUT2D eigenvalue weighted by Crippen LogP contribution is 2.29. The van der Waals surface area contributed by atoms with Crippen molar-refractivity contribution in [3.63, 3.8) is 0 Å². The van der Waals surface area contributed by atoms with E-state index in [4.69, 9.17) is 0 Å². The normalized spacial score (nSPS) is 26.2. The van der Waals surface area contributed by atoms with Gasteiger partial charge in [0.05, 0.1) is 0 Å². The lowest BCUT2D eigenvalue weighted by molar-refractivity contribution is 0.0948. The van der Waals surface area contributed by atoms with Gasteiger partial charge in [-0.25, -0.2) is 0 Å². The summed E-state index contributed by atoms with van der Waals surface area (Å²) in [6.45, 7) is 4.03. The first kappa shape index (κ1) is 10.8. The lowest BCUT2D eigenvalue weighted by Crippen LogP contribution is -2.31. The van der Waals surface area contributed by atoms with Crippen LogP contribution < -0.4 is 10.6 Å². The highest BCUT2D eigenvalue weighted by molar-refractivity contribution is 5.96. The molecule has 1 aromatic rings. The number of fused-ring (bicyclic) bond motifs is 1. The van der Waals surface area contributed by atoms with Gasteiger partial charge in [-0.2, -0.15) is 0 Å². The first-order valence-electron chi connectivity index (χ1n) is 6.38. The van der Waals surface area contributed by atoms with Gasteiger partial charge in [0.25, 0.3) is 5.91 Å². The molecule has 1 aliphatic carbocycles. The van der Waals surface area contributed by atoms with Crippen molar-refractivity contribution in [1.82, 2.24) is 10.6 Å². The van der Waals surface area contributed by atoms with Crippen molar-refractivity contribution >= 4 is 5.91 Å². The van der Waals surface area contributed by atoms with Crippen LogP contribution in [0.4, 0.5) is 0 Å². The minimum atomic E-state index is 0.109. The Balaban J connectivity index is 1.84. The summed E-state index contributed by atoms with van der Waals surface area (Å²) >= 11 is 0. The van der Waals surface area contributed by atoms with Crippen molar-refractivity contribution in [3.8, 4) is 0 Å². The molecule has 2 N–H and O–H groups in total. The van der Waals surface area contributed by atoms with E-state index in [-0.39, 0.29) is 5.91 Å². The van der Waals surface area contributed by atoms with Crippen LogP contribution in [0.25, 0.3) is 0 Å². The summed E-state index contributed by atoms with van der Waals surface area (Å²) < 4.78 is 0. The summed E-state index contributed by atoms with van der Waals surface area (Å²) in [5, 5.41) is 6.45. The molecule has 1 amide bonds. The van der Waals surface area contributed by atoms with Crippen molar-refractivity contribution < 1.29 is 4.79 Å². The standard InChI is InChI=1S/C14H18N2O/c1-9-7-13(9)16-14(17)12-4-2-3-10-8-15-6-5-11(10)12/h2-4,9,13,15H,5-8H2,1H3,(H,16,17). The number of benzene rings is 1. The molecule has 17 heavy (non-hydrogen) atoms. The van der Waals surface area contributed by atoms with Gasteiger partial charge in [-0.05, 0) is 42.5 Å². The second-order valence-corrected chi connectivity index (χ2v) is 5.16. The van der Waals surface area contributed by atoms with Crippen LogP contribution in [-0.4, -0.2) is 18.5 Å². The molecule has 1 aromatic carbocycles. The van der Waals surface area contributed by atoms with Gasteiger partial charge in [0.1, 0.15) is 0 Å². The molecular weight excluding hydrogens is 212 g/mol. The Morgan fingerprint density at radius 1 is 1.47 bits per heavy atom. The average Bonchev–Trinajstić information content (AvgIpc) is 3.04. The molecule has 1 fully saturated rings. The number of nitrogens with one attached hydrogen (secondary N) is 2. The van der Waals surface area contributed by atoms with Gasteiger partial charge < -0.3 is 10.6 Å². The van der Waals surface area contributed by atoms with E-state index in [1.807, 2.05) is 12.1 Å². The Labute approximate surface area is 102 Å². The maximum Gasteiger partial charge on any atom is 0.251 e. The second-order valence-electron chi connectivity index (χ2n) is 5.16. The molecule has 1 heterocycles. The van der Waals surface area contributed by atoms with E-state index >= 15 is 0 Å². The van der Waals surface area contributed by atoms with Crippen molar-refractivity contribution in [1.29, 1.82) is 0 Å². The van der Waals surface area contributed by atoms with E-state index in [1.54, 1.807) is 0 Å². The quantitative estimate of drug-likeness (QED) is 0.808. The number of amides is 1. The number of carbonyl (C=O) groups is 1. The SMILES string of the molecule is CC1CC1NC(=O)c1cccc2c1CCNC2. The van der Waals surface area contributed by atoms with E-state index < -0.39 is 0 Å². The van der Waals surface area contributed by atoms with Gasteiger partial charge in [0.2, 0.25) is 0 Å². The Kier molecular flexibility index (Phi) is 2.63. The Bertz CT molecular complexity index is 456. The fourth-order valence-corrected chi connectivity index (χ4v) is 2.51. The molecule has 1 saturated carbocycles. The van der Waals surface area contributed by atoms with Crippen LogP contribution in [0.1, 0.15) is 34.8 Å². The van der Waals surface area contributed by atoms with Crippen molar-refractivity contribution in [3.05, 3.63) is 34.9 Å². The highest BCUT2D eigenvalue weighted by atomic mass is 16.1. The van der Waals surface area contributed by atoms with E-state index in [9.17, 15) is 4.79 Å². The second kappa shape index (κ2) is 4.15. The van der Waals surface area contributed by atoms with Crippen LogP contribution in [-0.2, 0) is 13.0 Å². The lowest BCUT2D eigenvalue weighted by atomic mass is 9.95. The Morgan fingerprint density at radius 3 is 3.06 bits per heavy atom. The summed E-state index contributed by atoms with van der Waals surface area (Å²) in [5.41, 5.74) is 3.38. The summed E-state index contributed by atoms with van der Waals surface area (Å²) in [6, 6.07) is 6.45. The summed E-state index contributed by atoms with van der Waals surface area (Å²) in [7, 11) is 0. The third kappa shape index (κ3) is 2.07. The van der Waals surface area contributed by atoms with Gasteiger partial charge in [-0.3, -0.25) is 4.79 Å². The van der Waals surface area contributed by atoms with Gasteiger partial charge in [0, 0.05) is 18.2 Å². The van der Waals surface area contributed by atoms with Crippen LogP contribution >= 0.6 is 0 Å². The maximum absolute atomic E-state index is 12.2. The largest absolute Gasteiger partial charge is 0.349 e. The molecule has 0 saturated heterocycles. The molecular formula is C14H18N2O. The van der Waals surface area contributed by atoms with Crippen LogP contribution in [0.5, 0.6) is 0 Å². The molecule has 0 bridgehead atoms. The molecule has 3 rings (SSSR count). The van der Waals surface area contributed by atoms with E-state index in [0.29, 0.717) is 12.0 Å². The minimum absolute atomic E-state index is 0.109. The van der Waals surface area contributed by atoms with Crippen molar-refractivity contribution in [2.24, 2.45) is 5.92 Å². The molecule has 1 aliphatic heterocycles. The van der Waals surface area contributed by atoms with Gasteiger partial charge >= 0.3 is 0 Å². The Hall–Kier alpha value is -1.35. The fraction of sp³-hybridized carbons (Fsp3) is 0.500. The highest BCUT2D eigenvalue weighted by Gasteiger charge is 2.34. The zero-order valence-corrected chi connectivity index (χ0v) is 10.1. The molecule has 2 atom stereocenters. The monoisotopic (exact) mass is 230 g/mol. The van der Waals surface area contributed by atoms with Crippen molar-refractivity contribution in [2.45, 2.75) is 32.4 Å². The van der Waals surface area contributed by atoms with Crippen molar-refractivity contribution in [2.75, 3.05) is 6.54 Å². The molecule has 90 valence electrons. The molecule has 0 radical (unpaired) electrons. The van der Waals surface area contributed by atoms with Crippen LogP contribution in [0.3, 0.4) is 0 Å². The van der Waals surface area contributed by atoms with E-state index in [2.05, 4.69) is 23.6 Å². The summed E-state index contributed by atoms with van der Waals surface area (Å²) in [4.78, 5) is 12.2. The predicted molar refractivity (Wildman–Crippen MR) is 66.9 cm³/mol. The number of hydrogen-bond donors (Lipinski definition) is 2. The van der Waals surface area contributed by atoms with Gasteiger partial charge in [-0.1, -0.05) is 19.1 Å². The topological polar surface area (TPSA) is 41.1 Å². The molecule has 3 heteroatoms. The number of hydrogen-bond acceptors (Lipinski definition) is 2. The molecule has 2 unspecified atom stereocenters. The smallest absolute Gasteiger partial charge is 0.251 e. The number of rotatable bonds is 2. The van der Waals surface area contributed by atoms with Gasteiger partial charge in [0.15, 0.2) is 0 Å². The zero-order chi connectivity index (χ0) is 11.8. The Morgan fingerprint density at radius 2 is 2.29 bits per heavy atom. The van der Waals surface area contributed by atoms with Gasteiger partial charge in [-0.15, -0.1) is 0 Å². The molecule has 3 nitrogen and oxygen atoms in total. The molecule has 2 aliphatic rings. The predicted octanol–water partition coefficient (Wildman–Crippen LogP) is 1.47. The summed E-state index contributed by atoms with van der Waals surface area (Å²) in [6.07, 6.45) is 2.08. The maximum atomic E-state index is 12.2. The minimum Gasteiger partial charge on any atom is -0.349 e. The average molecular weight is 230 g/mol. The van der Waals surface area contributed by atoms with Crippen LogP contribution in [0.2, 0.25) is 0 Å². The van der Waals surface area contributed by atoms with E-state index in [0.717, 1.165) is 31.5 Å². The first-order valence-corrected chi connectivity index (χ1v) is 6.38. The first-order chi connectivity index (χ1) is 8.25. The zero-order valence-electron chi connectivity index (χ0n) is 10.1. The number of carbonyl (C=O) groups excluding carboxylic acids is 1. The van der Waals surface area contributed by atoms with E-state index in [1.165, 1.54) is 11.1 Å². The van der Waals surface area contributed by atoms with Crippen LogP contribution in [0.15, 0.2) is 18.2 Å². The third-order valence-corrected chi connectivity index (χ3v) is 3.81. The fourth-order valence-electron chi connectivity index (χ4n) is 2.51. The summed E-state index contributed by atoms with van der Waals surface area (Å²) in [5.74, 6) is 0.762. The molecule has 0 spiro atoms.